The van der Waals surface area contributed by atoms with Gasteiger partial charge in [0.25, 0.3) is 0 Å². The molecule has 1 aromatic rings. The van der Waals surface area contributed by atoms with Gasteiger partial charge < -0.3 is 10.6 Å². The van der Waals surface area contributed by atoms with E-state index >= 15 is 0 Å². The van der Waals surface area contributed by atoms with Gasteiger partial charge in [-0.2, -0.15) is 0 Å². The van der Waals surface area contributed by atoms with E-state index in [-0.39, 0.29) is 11.9 Å². The molecular formula is C18H26N2O. The Morgan fingerprint density at radius 1 is 1.24 bits per heavy atom. The molecule has 21 heavy (non-hydrogen) atoms. The summed E-state index contributed by atoms with van der Waals surface area (Å²) < 4.78 is 0. The number of carbonyl (C=O) groups excluding carboxylic acids is 1. The summed E-state index contributed by atoms with van der Waals surface area (Å²) in [4.78, 5) is 12.3. The molecule has 0 aliphatic carbocycles. The molecule has 3 atom stereocenters. The van der Waals surface area contributed by atoms with Crippen molar-refractivity contribution < 1.29 is 4.79 Å². The Balaban J connectivity index is 1.50. The maximum absolute atomic E-state index is 12.3. The van der Waals surface area contributed by atoms with Crippen molar-refractivity contribution in [3.8, 4) is 0 Å². The highest BCUT2D eigenvalue weighted by Gasteiger charge is 2.34. The molecule has 0 radical (unpaired) electrons. The number of carbonyl (C=O) groups is 1. The number of amides is 1. The quantitative estimate of drug-likeness (QED) is 0.893. The number of benzene rings is 1. The monoisotopic (exact) mass is 286 g/mol. The number of hydrogen-bond donors (Lipinski definition) is 2. The highest BCUT2D eigenvalue weighted by atomic mass is 16.1. The fourth-order valence-corrected chi connectivity index (χ4v) is 3.84. The smallest absolute Gasteiger partial charge is 0.220 e. The molecule has 3 rings (SSSR count). The van der Waals surface area contributed by atoms with Crippen molar-refractivity contribution in [3.05, 3.63) is 35.4 Å². The first-order valence-corrected chi connectivity index (χ1v) is 8.22. The molecule has 2 heterocycles. The number of hydrogen-bond acceptors (Lipinski definition) is 2. The molecule has 1 amide bonds. The number of fused-ring (bicyclic) bond motifs is 2. The Kier molecular flexibility index (Phi) is 4.29. The summed E-state index contributed by atoms with van der Waals surface area (Å²) >= 11 is 0. The van der Waals surface area contributed by atoms with Crippen molar-refractivity contribution in [1.29, 1.82) is 0 Å². The molecule has 0 aromatic heterocycles. The molecule has 2 fully saturated rings. The van der Waals surface area contributed by atoms with E-state index in [0.29, 0.717) is 24.4 Å². The summed E-state index contributed by atoms with van der Waals surface area (Å²) in [6.45, 7) is 4.15. The van der Waals surface area contributed by atoms with Crippen molar-refractivity contribution in [3.63, 3.8) is 0 Å². The zero-order chi connectivity index (χ0) is 14.8. The van der Waals surface area contributed by atoms with Gasteiger partial charge in [0.1, 0.15) is 0 Å². The van der Waals surface area contributed by atoms with Crippen LogP contribution in [0.25, 0.3) is 0 Å². The van der Waals surface area contributed by atoms with Gasteiger partial charge in [0.2, 0.25) is 5.91 Å². The van der Waals surface area contributed by atoms with Crippen molar-refractivity contribution in [1.82, 2.24) is 10.6 Å². The van der Waals surface area contributed by atoms with Gasteiger partial charge in [-0.1, -0.05) is 29.8 Å². The summed E-state index contributed by atoms with van der Waals surface area (Å²) in [6, 6.07) is 9.82. The Morgan fingerprint density at radius 3 is 2.48 bits per heavy atom. The lowest BCUT2D eigenvalue weighted by Gasteiger charge is -2.29. The van der Waals surface area contributed by atoms with Crippen molar-refractivity contribution in [2.24, 2.45) is 5.92 Å². The average molecular weight is 286 g/mol. The highest BCUT2D eigenvalue weighted by molar-refractivity contribution is 5.76. The summed E-state index contributed by atoms with van der Waals surface area (Å²) in [5.74, 6) is 0.767. The Labute approximate surface area is 127 Å². The Bertz CT molecular complexity index is 484. The van der Waals surface area contributed by atoms with E-state index in [4.69, 9.17) is 0 Å². The zero-order valence-corrected chi connectivity index (χ0v) is 13.1. The minimum absolute atomic E-state index is 0.0940. The van der Waals surface area contributed by atoms with E-state index in [0.717, 1.165) is 0 Å². The van der Waals surface area contributed by atoms with Crippen LogP contribution in [-0.2, 0) is 4.79 Å². The van der Waals surface area contributed by atoms with Crippen LogP contribution in [0.2, 0.25) is 0 Å². The summed E-state index contributed by atoms with van der Waals surface area (Å²) in [7, 11) is 0. The summed E-state index contributed by atoms with van der Waals surface area (Å²) in [5, 5.41) is 6.79. The van der Waals surface area contributed by atoms with Crippen molar-refractivity contribution in [2.45, 2.75) is 64.1 Å². The van der Waals surface area contributed by atoms with E-state index in [1.165, 1.54) is 36.8 Å². The average Bonchev–Trinajstić information content (AvgIpc) is 2.78. The fourth-order valence-electron chi connectivity index (χ4n) is 3.84. The van der Waals surface area contributed by atoms with Crippen LogP contribution in [0.4, 0.5) is 0 Å². The topological polar surface area (TPSA) is 41.1 Å². The van der Waals surface area contributed by atoms with Crippen molar-refractivity contribution >= 4 is 5.91 Å². The highest BCUT2D eigenvalue weighted by Crippen LogP contribution is 2.32. The van der Waals surface area contributed by atoms with E-state index in [2.05, 4.69) is 48.7 Å². The number of aryl methyl sites for hydroxylation is 1. The normalized spacial score (nSPS) is 29.1. The second-order valence-electron chi connectivity index (χ2n) is 6.88. The standard InChI is InChI=1S/C18H26N2O/c1-12-3-5-15(6-4-12)13(2)19-18(21)11-14-9-16-7-8-17(10-14)20-16/h3-6,13-14,16-17,20H,7-11H2,1-2H3,(H,19,21)/t13-,14?,16?,17?/m1/s1. The number of piperidine rings is 1. The maximum atomic E-state index is 12.3. The van der Waals surface area contributed by atoms with Gasteiger partial charge in [-0.25, -0.2) is 0 Å². The van der Waals surface area contributed by atoms with E-state index in [1.54, 1.807) is 0 Å². The van der Waals surface area contributed by atoms with Crippen LogP contribution in [0.5, 0.6) is 0 Å². The van der Waals surface area contributed by atoms with Crippen LogP contribution in [0.3, 0.4) is 0 Å². The molecule has 2 aliphatic rings. The van der Waals surface area contributed by atoms with Gasteiger partial charge in [0, 0.05) is 18.5 Å². The minimum atomic E-state index is 0.0940. The van der Waals surface area contributed by atoms with Gasteiger partial charge in [-0.05, 0) is 51.0 Å². The molecule has 2 aliphatic heterocycles. The lowest BCUT2D eigenvalue weighted by molar-refractivity contribution is -0.122. The lowest BCUT2D eigenvalue weighted by atomic mass is 9.89. The van der Waals surface area contributed by atoms with E-state index in [9.17, 15) is 4.79 Å². The van der Waals surface area contributed by atoms with E-state index < -0.39 is 0 Å². The predicted molar refractivity (Wildman–Crippen MR) is 85.0 cm³/mol. The van der Waals surface area contributed by atoms with Crippen molar-refractivity contribution in [2.75, 3.05) is 0 Å². The molecule has 3 heteroatoms. The predicted octanol–water partition coefficient (Wildman–Crippen LogP) is 3.09. The molecule has 2 N–H and O–H groups in total. The zero-order valence-electron chi connectivity index (χ0n) is 13.1. The fraction of sp³-hybridized carbons (Fsp3) is 0.611. The molecular weight excluding hydrogens is 260 g/mol. The SMILES string of the molecule is Cc1ccc([C@@H](C)NC(=O)CC2CC3CCC(C2)N3)cc1. The van der Waals surface area contributed by atoms with Gasteiger partial charge in [-0.3, -0.25) is 4.79 Å². The Hall–Kier alpha value is -1.35. The van der Waals surface area contributed by atoms with Crippen LogP contribution in [0.15, 0.2) is 24.3 Å². The van der Waals surface area contributed by atoms with Crippen LogP contribution in [0, 0.1) is 12.8 Å². The first-order valence-electron chi connectivity index (χ1n) is 8.22. The molecule has 114 valence electrons. The van der Waals surface area contributed by atoms with E-state index in [1.807, 2.05) is 0 Å². The molecule has 2 bridgehead atoms. The maximum Gasteiger partial charge on any atom is 0.220 e. The molecule has 3 nitrogen and oxygen atoms in total. The van der Waals surface area contributed by atoms with Crippen LogP contribution >= 0.6 is 0 Å². The first kappa shape index (κ1) is 14.6. The first-order chi connectivity index (χ1) is 10.1. The third-order valence-electron chi connectivity index (χ3n) is 5.00. The van der Waals surface area contributed by atoms with Crippen LogP contribution < -0.4 is 10.6 Å². The number of nitrogens with one attached hydrogen (secondary N) is 2. The van der Waals surface area contributed by atoms with Gasteiger partial charge in [-0.15, -0.1) is 0 Å². The molecule has 0 saturated carbocycles. The second kappa shape index (κ2) is 6.18. The van der Waals surface area contributed by atoms with Gasteiger partial charge in [0.15, 0.2) is 0 Å². The Morgan fingerprint density at radius 2 is 1.86 bits per heavy atom. The molecule has 1 aromatic carbocycles. The molecule has 2 saturated heterocycles. The molecule has 2 unspecified atom stereocenters. The third-order valence-corrected chi connectivity index (χ3v) is 5.00. The summed E-state index contributed by atoms with van der Waals surface area (Å²) in [5.41, 5.74) is 2.43. The van der Waals surface area contributed by atoms with Gasteiger partial charge >= 0.3 is 0 Å². The minimum Gasteiger partial charge on any atom is -0.350 e. The van der Waals surface area contributed by atoms with Gasteiger partial charge in [0.05, 0.1) is 6.04 Å². The number of rotatable bonds is 4. The lowest BCUT2D eigenvalue weighted by Crippen LogP contribution is -2.40. The third kappa shape index (κ3) is 3.65. The van der Waals surface area contributed by atoms with Crippen LogP contribution in [0.1, 0.15) is 56.2 Å². The largest absolute Gasteiger partial charge is 0.350 e. The second-order valence-corrected chi connectivity index (χ2v) is 6.88. The van der Waals surface area contributed by atoms with Crippen LogP contribution in [-0.4, -0.2) is 18.0 Å². The molecule has 0 spiro atoms. The summed E-state index contributed by atoms with van der Waals surface area (Å²) in [6.07, 6.45) is 5.61.